The first kappa shape index (κ1) is 113. The van der Waals surface area contributed by atoms with Gasteiger partial charge in [0.1, 0.15) is 60.4 Å². The molecule has 2 aliphatic heterocycles. The van der Waals surface area contributed by atoms with Gasteiger partial charge in [0.2, 0.25) is 11.8 Å². The normalized spacial score (nSPS) is 15.8. The largest absolute Gasteiger partial charge is 2.00 e. The maximum absolute atomic E-state index is 10.1. The summed E-state index contributed by atoms with van der Waals surface area (Å²) < 4.78 is 0. The fourth-order valence-corrected chi connectivity index (χ4v) is 4.46. The molecular weight excluding hydrogens is 1400 g/mol. The molecule has 0 bridgehead atoms. The fraction of sp³-hybridized carbons (Fsp3) is 0.720. The van der Waals surface area contributed by atoms with Crippen molar-refractivity contribution in [2.24, 2.45) is 92.5 Å². The molecule has 36 N–H and O–H groups in total. The van der Waals surface area contributed by atoms with Gasteiger partial charge in [0, 0.05) is 23.0 Å². The van der Waals surface area contributed by atoms with Crippen LogP contribution in [-0.4, -0.2) is 243 Å². The number of hydrogen-bond acceptors (Lipinski definition) is 32. The van der Waals surface area contributed by atoms with E-state index in [-0.39, 0.29) is 88.7 Å². The number of aliphatic carboxylic acids is 12. The van der Waals surface area contributed by atoms with E-state index in [4.69, 9.17) is 108 Å². The summed E-state index contributed by atoms with van der Waals surface area (Å²) in [6, 6.07) is -9.21. The molecule has 565 valence electrons. The molecule has 95 heavy (non-hydrogen) atoms. The van der Waals surface area contributed by atoms with E-state index in [9.17, 15) is 77.3 Å². The van der Waals surface area contributed by atoms with Gasteiger partial charge in [0.25, 0.3) is 0 Å². The minimum atomic E-state index is -1.25. The van der Waals surface area contributed by atoms with E-state index in [0.29, 0.717) is 0 Å². The number of carboxylic acids is 12. The number of amides is 2. The van der Waals surface area contributed by atoms with Crippen molar-refractivity contribution in [3.8, 4) is 0 Å². The number of primary amides is 2. The van der Waals surface area contributed by atoms with Gasteiger partial charge >= 0.3 is 76.8 Å². The average Bonchev–Trinajstić information content (AvgIpc) is 4.00. The van der Waals surface area contributed by atoms with Crippen LogP contribution in [0, 0.1) is 23.7 Å². The Bertz CT molecular complexity index is 1910. The van der Waals surface area contributed by atoms with Crippen LogP contribution in [0.15, 0.2) is 0 Å². The number of thiol groups is 4. The van der Waals surface area contributed by atoms with Crippen LogP contribution < -0.4 is 89.7 Å². The van der Waals surface area contributed by atoms with Crippen molar-refractivity contribution >= 4 is 134 Å². The van der Waals surface area contributed by atoms with Crippen LogP contribution >= 0.6 is 50.5 Å². The smallest absolute Gasteiger partial charge is 0.548 e. The molecule has 2 aliphatic rings. The summed E-state index contributed by atoms with van der Waals surface area (Å²) >= 11 is 14.5. The van der Waals surface area contributed by atoms with E-state index in [2.05, 4.69) is 72.6 Å². The third-order valence-corrected chi connectivity index (χ3v) is 11.8. The molecule has 0 unspecified atom stereocenters. The van der Waals surface area contributed by atoms with E-state index in [0.717, 1.165) is 38.8 Å². The van der Waals surface area contributed by atoms with E-state index in [1.165, 1.54) is 0 Å². The van der Waals surface area contributed by atoms with Gasteiger partial charge in [0.05, 0.1) is 36.9 Å². The minimum Gasteiger partial charge on any atom is -0.548 e. The van der Waals surface area contributed by atoms with Crippen molar-refractivity contribution in [2.75, 3.05) is 36.1 Å². The number of carbonyl (C=O) groups is 14. The number of hydrogen-bond donors (Lipinski definition) is 28. The van der Waals surface area contributed by atoms with Gasteiger partial charge in [-0.15, -0.1) is 0 Å². The molecule has 0 spiro atoms. The van der Waals surface area contributed by atoms with Gasteiger partial charge < -0.3 is 150 Å². The zero-order valence-electron chi connectivity index (χ0n) is 53.7. The molecule has 0 aromatic heterocycles. The van der Waals surface area contributed by atoms with Gasteiger partial charge in [-0.05, 0) is 62.4 Å². The Hall–Kier alpha value is -5.98. The molecule has 0 aliphatic carbocycles. The Balaban J connectivity index is -0.0000000900. The van der Waals surface area contributed by atoms with E-state index >= 15 is 0 Å². The molecule has 45 heteroatoms. The number of carboxylic acid groups (broad SMARTS) is 12. The molecular formula is C50H104CuN14O26S4. The number of rotatable bonds is 24. The molecule has 2 amide bonds. The monoisotopic (exact) mass is 1510 g/mol. The maximum Gasteiger partial charge on any atom is 2.00 e. The van der Waals surface area contributed by atoms with Crippen molar-refractivity contribution in [3.63, 3.8) is 0 Å². The first-order valence-corrected chi connectivity index (χ1v) is 29.9. The fourth-order valence-electron chi connectivity index (χ4n) is 3.84. The Morgan fingerprint density at radius 3 is 0.568 bits per heavy atom. The van der Waals surface area contributed by atoms with Crippen molar-refractivity contribution in [1.82, 2.24) is 10.6 Å². The van der Waals surface area contributed by atoms with E-state index in [1.54, 1.807) is 55.4 Å². The van der Waals surface area contributed by atoms with Gasteiger partial charge in [-0.1, -0.05) is 55.4 Å². The molecule has 12 atom stereocenters. The second-order valence-electron chi connectivity index (χ2n) is 20.1. The van der Waals surface area contributed by atoms with Crippen LogP contribution in [0.25, 0.3) is 0 Å². The molecule has 0 aromatic carbocycles. The topological polar surface area (TPSA) is 824 Å². The first-order chi connectivity index (χ1) is 42.6. The third kappa shape index (κ3) is 84.1. The summed E-state index contributed by atoms with van der Waals surface area (Å²) in [4.78, 5) is 139. The number of nitrogens with two attached hydrogens (primary N) is 12. The molecule has 2 rings (SSSR count). The zero-order chi connectivity index (χ0) is 77.2. The molecule has 0 saturated carbocycles. The Morgan fingerprint density at radius 1 is 0.358 bits per heavy atom. The van der Waals surface area contributed by atoms with E-state index in [1.807, 2.05) is 0 Å². The second kappa shape index (κ2) is 69.4. The number of carbonyl (C=O) groups excluding carboxylic acids is 4. The van der Waals surface area contributed by atoms with Crippen LogP contribution in [0.5, 0.6) is 0 Å². The van der Waals surface area contributed by atoms with Crippen LogP contribution in [0.4, 0.5) is 0 Å². The Morgan fingerprint density at radius 2 is 0.537 bits per heavy atom. The SMILES string of the molecule is CC(C)[C@H](N)C(=O)O.CC(C)[C@H](N)C(=O)O.CC(C)[C@H](N)C(=O)O.CC(C)[C@H](N)C(=O)O.NC(=O)C[C@H](N)C(=O)O.NC(=O)C[C@H](N)C(=O)O.N[C@@H](CS)C(=O)O.N[C@@H](CS)C(=O)O.N[C@@H](CS)C(=O)[O-].N[C@@H](CS)C(=O)[O-].O=C(O)[C@@H]1CCCN1.O=C(O)[C@@H]1CCCN1.[Cu+2]. The molecule has 2 heterocycles. The quantitative estimate of drug-likeness (QED) is 0.0315. The van der Waals surface area contributed by atoms with Gasteiger partial charge in [-0.25, -0.2) is 0 Å². The first-order valence-electron chi connectivity index (χ1n) is 27.4. The van der Waals surface area contributed by atoms with Crippen LogP contribution in [0.1, 0.15) is 93.9 Å². The molecule has 2 fully saturated rings. The average molecular weight is 1510 g/mol. The summed E-state index contributed by atoms with van der Waals surface area (Å²) in [5, 5.41) is 107. The van der Waals surface area contributed by atoms with Crippen molar-refractivity contribution in [2.45, 2.75) is 166 Å². The zero-order valence-corrected chi connectivity index (χ0v) is 58.3. The van der Waals surface area contributed by atoms with Crippen molar-refractivity contribution in [3.05, 3.63) is 0 Å². The van der Waals surface area contributed by atoms with Gasteiger partial charge in [-0.3, -0.25) is 57.5 Å². The van der Waals surface area contributed by atoms with Gasteiger partial charge in [-0.2, -0.15) is 50.5 Å². The Kier molecular flexibility index (Phi) is 82.7. The summed E-state index contributed by atoms with van der Waals surface area (Å²) in [5.74, 6) is -12.8. The molecule has 40 nitrogen and oxygen atoms in total. The summed E-state index contributed by atoms with van der Waals surface area (Å²) in [5.41, 5.74) is 59.4. The predicted octanol–water partition coefficient (Wildman–Crippen LogP) is -8.95. The van der Waals surface area contributed by atoms with Crippen LogP contribution in [0.2, 0.25) is 0 Å². The Labute approximate surface area is 582 Å². The molecule has 1 radical (unpaired) electrons. The van der Waals surface area contributed by atoms with E-state index < -0.39 is 144 Å². The molecule has 0 aromatic rings. The van der Waals surface area contributed by atoms with Crippen molar-refractivity contribution in [1.29, 1.82) is 0 Å². The third-order valence-electron chi connectivity index (χ3n) is 10.2. The standard InChI is InChI=1S/2C5H9NO2.4C5H11NO2.2C4H8N2O3.4C3H7NO2S.Cu/c2*7-5(8)4-2-1-3-6-4;4*1-3(2)4(6)5(7)8;2*5-2(4(8)9)1-3(6)7;4*4-2(1-7)3(5)6;/h2*4,6H,1-3H2,(H,7,8);4*3-4H,6H2,1-2H3,(H,7,8);2*2H,1,5H2,(H2,6,7)(H,8,9);4*2,7H,1,4H2,(H,5,6);/q;;;;;;;;;;;;+2/p-2/t6*4-;6*2-;/m000000000000./s1. The predicted molar refractivity (Wildman–Crippen MR) is 351 cm³/mol. The summed E-state index contributed by atoms with van der Waals surface area (Å²) in [7, 11) is 0. The second-order valence-corrected chi connectivity index (χ2v) is 21.6. The van der Waals surface area contributed by atoms with Crippen LogP contribution in [0.3, 0.4) is 0 Å². The number of nitrogens with one attached hydrogen (secondary N) is 2. The minimum absolute atomic E-state index is 0. The maximum atomic E-state index is 10.1. The summed E-state index contributed by atoms with van der Waals surface area (Å²) in [6.45, 7) is 15.9. The summed E-state index contributed by atoms with van der Waals surface area (Å²) in [6.07, 6.45) is 2.95. The molecule has 2 saturated heterocycles. The van der Waals surface area contributed by atoms with Gasteiger partial charge in [0.15, 0.2) is 0 Å². The van der Waals surface area contributed by atoms with Crippen LogP contribution in [-0.2, 0) is 84.2 Å². The van der Waals surface area contributed by atoms with Crippen molar-refractivity contribution < 1.29 is 145 Å².